The van der Waals surface area contributed by atoms with Crippen LogP contribution in [0.15, 0.2) is 0 Å². The largest absolute Gasteiger partial charge is 0.703 e. The summed E-state index contributed by atoms with van der Waals surface area (Å²) in [5.41, 5.74) is 0. The van der Waals surface area contributed by atoms with Gasteiger partial charge in [-0.3, -0.25) is 50.6 Å². The van der Waals surface area contributed by atoms with E-state index in [-0.39, 0.29) is 0 Å². The third kappa shape index (κ3) is 4.14. The molecule has 140 valence electrons. The van der Waals surface area contributed by atoms with Crippen molar-refractivity contribution >= 4 is 6.16 Å². The molecular formula is C6H6FN5O13. The van der Waals surface area contributed by atoms with Gasteiger partial charge in [-0.15, -0.1) is 0 Å². The topological polar surface area (TPSA) is 262 Å². The van der Waals surface area contributed by atoms with Crippen LogP contribution in [0.1, 0.15) is 12.8 Å². The van der Waals surface area contributed by atoms with Crippen LogP contribution in [0.5, 0.6) is 0 Å². The summed E-state index contributed by atoms with van der Waals surface area (Å²) < 4.78 is 17.4. The van der Waals surface area contributed by atoms with E-state index in [1.807, 2.05) is 0 Å². The number of halogens is 1. The monoisotopic (exact) mass is 375 g/mol. The van der Waals surface area contributed by atoms with Gasteiger partial charge in [0, 0.05) is 0 Å². The first-order chi connectivity index (χ1) is 11.2. The normalized spacial score (nSPS) is 12.7. The smallest absolute Gasteiger partial charge is 0.450 e. The van der Waals surface area contributed by atoms with Gasteiger partial charge in [0.25, 0.3) is 0 Å². The van der Waals surface area contributed by atoms with Crippen LogP contribution in [0.4, 0.5) is 9.18 Å². The Balaban J connectivity index is 6.05. The van der Waals surface area contributed by atoms with Crippen LogP contribution in [0.2, 0.25) is 0 Å². The van der Waals surface area contributed by atoms with Crippen LogP contribution in [-0.2, 0) is 4.74 Å². The molecule has 0 saturated heterocycles. The van der Waals surface area contributed by atoms with E-state index in [1.54, 1.807) is 0 Å². The second-order valence-corrected chi connectivity index (χ2v) is 4.19. The summed E-state index contributed by atoms with van der Waals surface area (Å²) in [6, 6.07) is 0. The third-order valence-corrected chi connectivity index (χ3v) is 2.69. The number of hydrogen-bond acceptors (Lipinski definition) is 12. The Morgan fingerprint density at radius 1 is 0.880 bits per heavy atom. The summed E-state index contributed by atoms with van der Waals surface area (Å²) in [7, 11) is 0. The number of carboxylic acid groups (broad SMARTS) is 1. The molecule has 0 radical (unpaired) electrons. The van der Waals surface area contributed by atoms with E-state index in [2.05, 4.69) is 4.74 Å². The van der Waals surface area contributed by atoms with Crippen molar-refractivity contribution in [2.24, 2.45) is 0 Å². The van der Waals surface area contributed by atoms with E-state index in [1.165, 1.54) is 0 Å². The van der Waals surface area contributed by atoms with Crippen LogP contribution in [0.3, 0.4) is 0 Å². The van der Waals surface area contributed by atoms with E-state index in [9.17, 15) is 59.8 Å². The first kappa shape index (κ1) is 21.2. The lowest BCUT2D eigenvalue weighted by molar-refractivity contribution is -0.971. The first-order valence-electron chi connectivity index (χ1n) is 5.52. The minimum absolute atomic E-state index is 2.09. The zero-order valence-corrected chi connectivity index (χ0v) is 11.5. The Hall–Kier alpha value is -3.80. The maximum atomic E-state index is 13.7. The highest BCUT2D eigenvalue weighted by Gasteiger charge is 2.73. The van der Waals surface area contributed by atoms with E-state index in [0.717, 1.165) is 0 Å². The molecule has 18 nitrogen and oxygen atoms in total. The number of carbonyl (C=O) groups is 1. The maximum Gasteiger partial charge on any atom is 0.703 e. The number of nitro groups is 5. The molecule has 0 aliphatic rings. The molecule has 0 spiro atoms. The van der Waals surface area contributed by atoms with E-state index >= 15 is 0 Å². The highest BCUT2D eigenvalue weighted by molar-refractivity contribution is 5.57. The molecule has 19 heteroatoms. The van der Waals surface area contributed by atoms with Gasteiger partial charge in [-0.25, -0.2) is 4.79 Å². The molecule has 0 aliphatic carbocycles. The third-order valence-electron chi connectivity index (χ3n) is 2.69. The Bertz CT molecular complexity index is 584. The molecule has 0 aromatic heterocycles. The summed E-state index contributed by atoms with van der Waals surface area (Å²) in [4.78, 5) is 52.8. The Kier molecular flexibility index (Phi) is 6.09. The second-order valence-electron chi connectivity index (χ2n) is 4.19. The lowest BCUT2D eigenvalue weighted by atomic mass is 10.1. The number of ether oxygens (including phenoxy) is 1. The van der Waals surface area contributed by atoms with Gasteiger partial charge in [-0.05, 0) is 0 Å². The minimum atomic E-state index is -4.67. The van der Waals surface area contributed by atoms with Gasteiger partial charge in [-0.1, -0.05) is 4.39 Å². The summed E-state index contributed by atoms with van der Waals surface area (Å²) in [5.74, 6) is -9.05. The fourth-order valence-electron chi connectivity index (χ4n) is 1.53. The fourth-order valence-corrected chi connectivity index (χ4v) is 1.53. The van der Waals surface area contributed by atoms with Gasteiger partial charge >= 0.3 is 17.9 Å². The summed E-state index contributed by atoms with van der Waals surface area (Å²) in [5, 5.41) is 61.4. The van der Waals surface area contributed by atoms with Gasteiger partial charge in [0.05, 0.1) is 0 Å². The highest BCUT2D eigenvalue weighted by Crippen LogP contribution is 2.29. The van der Waals surface area contributed by atoms with Crippen LogP contribution in [0, 0.1) is 50.6 Å². The Morgan fingerprint density at radius 2 is 1.24 bits per heavy atom. The second kappa shape index (κ2) is 7.18. The van der Waals surface area contributed by atoms with Crippen molar-refractivity contribution in [1.82, 2.24) is 0 Å². The van der Waals surface area contributed by atoms with Crippen molar-refractivity contribution < 1.29 is 43.6 Å². The average Bonchev–Trinajstić information content (AvgIpc) is 2.41. The Labute approximate surface area is 132 Å². The van der Waals surface area contributed by atoms with Crippen LogP contribution >= 0.6 is 0 Å². The highest BCUT2D eigenvalue weighted by atomic mass is 19.2. The number of rotatable bonds is 10. The van der Waals surface area contributed by atoms with Crippen molar-refractivity contribution in [2.45, 2.75) is 30.6 Å². The van der Waals surface area contributed by atoms with Crippen molar-refractivity contribution in [3.63, 3.8) is 0 Å². The molecule has 0 amide bonds. The van der Waals surface area contributed by atoms with E-state index in [0.29, 0.717) is 0 Å². The predicted octanol–water partition coefficient (Wildman–Crippen LogP) is -0.510. The van der Waals surface area contributed by atoms with Gasteiger partial charge < -0.3 is 9.84 Å². The zero-order chi connectivity index (χ0) is 20.2. The summed E-state index contributed by atoms with van der Waals surface area (Å²) in [6.07, 6.45) is -9.63. The Morgan fingerprint density at radius 3 is 1.48 bits per heavy atom. The molecule has 0 aliphatic heterocycles. The molecule has 0 aromatic rings. The molecular weight excluding hydrogens is 369 g/mol. The molecule has 0 rings (SSSR count). The lowest BCUT2D eigenvalue weighted by Crippen LogP contribution is -2.56. The number of nitrogens with zero attached hydrogens (tertiary/aromatic N) is 5. The zero-order valence-electron chi connectivity index (χ0n) is 11.5. The average molecular weight is 375 g/mol. The molecule has 1 unspecified atom stereocenters. The van der Waals surface area contributed by atoms with Gasteiger partial charge in [0.1, 0.15) is 16.0 Å². The minimum Gasteiger partial charge on any atom is -0.450 e. The SMILES string of the molecule is O=C(O)OC(CC(F)([N+](=O)[O-])[N+](=O)[O-])CC([N+](=O)[O-])([N+](=O)[O-])[N+](=O)[O-]. The number of hydrogen-bond donors (Lipinski definition) is 1. The van der Waals surface area contributed by atoms with Gasteiger partial charge in [-0.2, -0.15) is 0 Å². The lowest BCUT2D eigenvalue weighted by Gasteiger charge is -2.17. The molecule has 25 heavy (non-hydrogen) atoms. The fraction of sp³-hybridized carbons (Fsp3) is 0.833. The quantitative estimate of drug-likeness (QED) is 0.166. The first-order valence-corrected chi connectivity index (χ1v) is 5.52. The van der Waals surface area contributed by atoms with Crippen molar-refractivity contribution in [3.05, 3.63) is 50.6 Å². The molecule has 1 N–H and O–H groups in total. The maximum absolute atomic E-state index is 13.7. The van der Waals surface area contributed by atoms with Crippen LogP contribution < -0.4 is 0 Å². The molecule has 0 saturated carbocycles. The standard InChI is InChI=1S/C6H6FN5O13/c7-5(8(15)16,9(17)18)1-3(25-4(13)14)2-6(10(19)20,11(21)22)12(23)24/h3H,1-2H2,(H,13,14). The molecule has 0 heterocycles. The molecule has 1 atom stereocenters. The summed E-state index contributed by atoms with van der Waals surface area (Å²) in [6.45, 7) is 0. The van der Waals surface area contributed by atoms with Crippen molar-refractivity contribution in [1.29, 1.82) is 0 Å². The van der Waals surface area contributed by atoms with Gasteiger partial charge in [0.15, 0.2) is 21.2 Å². The molecule has 0 aromatic carbocycles. The van der Waals surface area contributed by atoms with Crippen molar-refractivity contribution in [2.75, 3.05) is 0 Å². The van der Waals surface area contributed by atoms with Crippen LogP contribution in [-0.4, -0.2) is 53.7 Å². The van der Waals surface area contributed by atoms with E-state index < -0.39 is 61.4 Å². The molecule has 0 fully saturated rings. The number of alkyl halides is 1. The predicted molar refractivity (Wildman–Crippen MR) is 63.7 cm³/mol. The van der Waals surface area contributed by atoms with Gasteiger partial charge in [0.2, 0.25) is 6.42 Å². The van der Waals surface area contributed by atoms with E-state index in [4.69, 9.17) is 5.11 Å². The van der Waals surface area contributed by atoms with Crippen molar-refractivity contribution in [3.8, 4) is 0 Å². The molecule has 0 bridgehead atoms. The summed E-state index contributed by atoms with van der Waals surface area (Å²) >= 11 is 0. The van der Waals surface area contributed by atoms with Crippen LogP contribution in [0.25, 0.3) is 0 Å².